The van der Waals surface area contributed by atoms with E-state index in [-0.39, 0.29) is 38.6 Å². The average molecular weight is 459 g/mol. The van der Waals surface area contributed by atoms with Crippen molar-refractivity contribution in [2.24, 2.45) is 0 Å². The number of sulfonamides is 1. The van der Waals surface area contributed by atoms with E-state index in [0.29, 0.717) is 17.0 Å². The van der Waals surface area contributed by atoms with Crippen molar-refractivity contribution >= 4 is 22.0 Å². The first-order chi connectivity index (χ1) is 15.2. The lowest BCUT2D eigenvalue weighted by Crippen LogP contribution is -2.53. The smallest absolute Gasteiger partial charge is 0.315 e. The summed E-state index contributed by atoms with van der Waals surface area (Å²) < 4.78 is 27.4. The SMILES string of the molecule is Cc1ccc(CNC(=O)NCC(=O)N2CCN(S(=O)(=O)c3cc(C)ccc3C)CC2)cc1. The lowest BCUT2D eigenvalue weighted by Gasteiger charge is -2.34. The van der Waals surface area contributed by atoms with Crippen LogP contribution in [0.4, 0.5) is 4.79 Å². The van der Waals surface area contributed by atoms with Gasteiger partial charge in [-0.25, -0.2) is 13.2 Å². The minimum absolute atomic E-state index is 0.135. The minimum atomic E-state index is -3.61. The molecule has 2 aromatic rings. The molecule has 0 unspecified atom stereocenters. The van der Waals surface area contributed by atoms with Crippen LogP contribution in [-0.4, -0.2) is 62.3 Å². The van der Waals surface area contributed by atoms with Crippen LogP contribution in [0, 0.1) is 20.8 Å². The van der Waals surface area contributed by atoms with Gasteiger partial charge in [0.1, 0.15) is 0 Å². The summed E-state index contributed by atoms with van der Waals surface area (Å²) in [6.45, 7) is 6.89. The quantitative estimate of drug-likeness (QED) is 0.691. The Morgan fingerprint density at radius 3 is 2.16 bits per heavy atom. The highest BCUT2D eigenvalue weighted by atomic mass is 32.2. The molecule has 8 nitrogen and oxygen atoms in total. The van der Waals surface area contributed by atoms with Gasteiger partial charge in [-0.2, -0.15) is 4.31 Å². The predicted molar refractivity (Wildman–Crippen MR) is 123 cm³/mol. The average Bonchev–Trinajstić information content (AvgIpc) is 2.78. The molecule has 3 amide bonds. The van der Waals surface area contributed by atoms with E-state index >= 15 is 0 Å². The third-order valence-electron chi connectivity index (χ3n) is 5.53. The Kier molecular flexibility index (Phi) is 7.52. The van der Waals surface area contributed by atoms with E-state index in [9.17, 15) is 18.0 Å². The maximum atomic E-state index is 13.0. The molecular weight excluding hydrogens is 428 g/mol. The van der Waals surface area contributed by atoms with Crippen LogP contribution in [0.5, 0.6) is 0 Å². The number of hydrogen-bond donors (Lipinski definition) is 2. The summed E-state index contributed by atoms with van der Waals surface area (Å²) in [5, 5.41) is 5.29. The topological polar surface area (TPSA) is 98.8 Å². The zero-order valence-electron chi connectivity index (χ0n) is 18.7. The molecule has 2 aromatic carbocycles. The highest BCUT2D eigenvalue weighted by molar-refractivity contribution is 7.89. The first-order valence-corrected chi connectivity index (χ1v) is 12.0. The van der Waals surface area contributed by atoms with Crippen LogP contribution < -0.4 is 10.6 Å². The molecular formula is C23H30N4O4S. The van der Waals surface area contributed by atoms with Crippen LogP contribution in [0.15, 0.2) is 47.4 Å². The predicted octanol–water partition coefficient (Wildman–Crippen LogP) is 1.94. The van der Waals surface area contributed by atoms with Gasteiger partial charge in [0.05, 0.1) is 11.4 Å². The highest BCUT2D eigenvalue weighted by Crippen LogP contribution is 2.22. The second-order valence-corrected chi connectivity index (χ2v) is 9.98. The van der Waals surface area contributed by atoms with E-state index in [1.807, 2.05) is 44.2 Å². The first-order valence-electron chi connectivity index (χ1n) is 10.6. The number of amides is 3. The summed E-state index contributed by atoms with van der Waals surface area (Å²) in [7, 11) is -3.61. The molecule has 3 rings (SSSR count). The normalized spacial score (nSPS) is 14.8. The van der Waals surface area contributed by atoms with Gasteiger partial charge in [-0.05, 0) is 43.5 Å². The van der Waals surface area contributed by atoms with Crippen molar-refractivity contribution in [3.8, 4) is 0 Å². The maximum absolute atomic E-state index is 13.0. The molecule has 9 heteroatoms. The summed E-state index contributed by atoms with van der Waals surface area (Å²) in [5.74, 6) is -0.237. The lowest BCUT2D eigenvalue weighted by molar-refractivity contribution is -0.131. The molecule has 1 fully saturated rings. The van der Waals surface area contributed by atoms with Gasteiger partial charge < -0.3 is 15.5 Å². The van der Waals surface area contributed by atoms with Gasteiger partial charge in [-0.15, -0.1) is 0 Å². The lowest BCUT2D eigenvalue weighted by atomic mass is 10.1. The van der Waals surface area contributed by atoms with Crippen molar-refractivity contribution in [3.63, 3.8) is 0 Å². The van der Waals surface area contributed by atoms with Crippen molar-refractivity contribution in [2.75, 3.05) is 32.7 Å². The van der Waals surface area contributed by atoms with Gasteiger partial charge in [-0.3, -0.25) is 4.79 Å². The van der Waals surface area contributed by atoms with E-state index in [1.165, 1.54) is 4.31 Å². The molecule has 0 aliphatic carbocycles. The Morgan fingerprint density at radius 2 is 1.50 bits per heavy atom. The number of nitrogens with zero attached hydrogens (tertiary/aromatic N) is 2. The standard InChI is InChI=1S/C23H30N4O4S/c1-17-5-8-20(9-6-17)15-24-23(29)25-16-22(28)26-10-12-27(13-11-26)32(30,31)21-14-18(2)4-7-19(21)3/h4-9,14H,10-13,15-16H2,1-3H3,(H2,24,25,29). The van der Waals surface area contributed by atoms with E-state index in [4.69, 9.17) is 0 Å². The van der Waals surface area contributed by atoms with Crippen LogP contribution in [0.25, 0.3) is 0 Å². The fourth-order valence-electron chi connectivity index (χ4n) is 3.52. The molecule has 172 valence electrons. The molecule has 0 radical (unpaired) electrons. The van der Waals surface area contributed by atoms with Crippen LogP contribution in [0.2, 0.25) is 0 Å². The van der Waals surface area contributed by atoms with Crippen LogP contribution in [0.3, 0.4) is 0 Å². The number of rotatable bonds is 6. The van der Waals surface area contributed by atoms with E-state index in [1.54, 1.807) is 24.0 Å². The third kappa shape index (κ3) is 5.86. The molecule has 0 atom stereocenters. The summed E-state index contributed by atoms with van der Waals surface area (Å²) in [6, 6.07) is 12.8. The van der Waals surface area contributed by atoms with Crippen LogP contribution >= 0.6 is 0 Å². The van der Waals surface area contributed by atoms with Gasteiger partial charge in [0.2, 0.25) is 15.9 Å². The third-order valence-corrected chi connectivity index (χ3v) is 7.57. The van der Waals surface area contributed by atoms with Crippen molar-refractivity contribution in [2.45, 2.75) is 32.2 Å². The van der Waals surface area contributed by atoms with E-state index < -0.39 is 16.1 Å². The van der Waals surface area contributed by atoms with Crippen molar-refractivity contribution in [1.82, 2.24) is 19.8 Å². The number of carbonyl (C=O) groups is 2. The molecule has 1 heterocycles. The van der Waals surface area contributed by atoms with Crippen LogP contribution in [-0.2, 0) is 21.4 Å². The monoisotopic (exact) mass is 458 g/mol. The van der Waals surface area contributed by atoms with Crippen molar-refractivity contribution in [1.29, 1.82) is 0 Å². The fourth-order valence-corrected chi connectivity index (χ4v) is 5.25. The number of nitrogens with one attached hydrogen (secondary N) is 2. The Bertz CT molecular complexity index is 1080. The molecule has 0 saturated carbocycles. The summed E-state index contributed by atoms with van der Waals surface area (Å²) in [6.07, 6.45) is 0. The Morgan fingerprint density at radius 1 is 0.875 bits per heavy atom. The molecule has 0 aromatic heterocycles. The second-order valence-electron chi connectivity index (χ2n) is 8.08. The number of piperazine rings is 1. The second kappa shape index (κ2) is 10.1. The zero-order valence-corrected chi connectivity index (χ0v) is 19.5. The molecule has 0 bridgehead atoms. The summed E-state index contributed by atoms with van der Waals surface area (Å²) in [4.78, 5) is 26.3. The van der Waals surface area contributed by atoms with Crippen molar-refractivity contribution in [3.05, 3.63) is 64.7 Å². The van der Waals surface area contributed by atoms with Gasteiger partial charge in [-0.1, -0.05) is 42.0 Å². The zero-order chi connectivity index (χ0) is 23.3. The fraction of sp³-hybridized carbons (Fsp3) is 0.391. The van der Waals surface area contributed by atoms with E-state index in [2.05, 4.69) is 10.6 Å². The first kappa shape index (κ1) is 23.7. The number of benzene rings is 2. The van der Waals surface area contributed by atoms with Crippen molar-refractivity contribution < 1.29 is 18.0 Å². The number of hydrogen-bond acceptors (Lipinski definition) is 4. The molecule has 32 heavy (non-hydrogen) atoms. The number of carbonyl (C=O) groups excluding carboxylic acids is 2. The van der Waals surface area contributed by atoms with Gasteiger partial charge in [0.25, 0.3) is 0 Å². The molecule has 1 aliphatic rings. The molecule has 1 aliphatic heterocycles. The van der Waals surface area contributed by atoms with E-state index in [0.717, 1.165) is 16.7 Å². The molecule has 1 saturated heterocycles. The van der Waals surface area contributed by atoms with Gasteiger partial charge in [0, 0.05) is 32.7 Å². The Labute approximate surface area is 189 Å². The highest BCUT2D eigenvalue weighted by Gasteiger charge is 2.31. The Balaban J connectivity index is 1.46. The molecule has 2 N–H and O–H groups in total. The van der Waals surface area contributed by atoms with Crippen LogP contribution in [0.1, 0.15) is 22.3 Å². The number of aryl methyl sites for hydroxylation is 3. The summed E-state index contributed by atoms with van der Waals surface area (Å²) in [5.41, 5.74) is 3.70. The Hall–Kier alpha value is -2.91. The maximum Gasteiger partial charge on any atom is 0.315 e. The largest absolute Gasteiger partial charge is 0.339 e. The number of urea groups is 1. The minimum Gasteiger partial charge on any atom is -0.339 e. The summed E-state index contributed by atoms with van der Waals surface area (Å²) >= 11 is 0. The van der Waals surface area contributed by atoms with Gasteiger partial charge >= 0.3 is 6.03 Å². The molecule has 0 spiro atoms. The van der Waals surface area contributed by atoms with Gasteiger partial charge in [0.15, 0.2) is 0 Å².